The summed E-state index contributed by atoms with van der Waals surface area (Å²) in [5.41, 5.74) is 1.67. The average molecular weight is 376 g/mol. The largest absolute Gasteiger partial charge is 0.496 e. The van der Waals surface area contributed by atoms with Crippen molar-refractivity contribution in [3.05, 3.63) is 95.6 Å². The molecule has 0 fully saturated rings. The third-order valence-electron chi connectivity index (χ3n) is 4.08. The number of carbonyl (C=O) groups excluding carboxylic acids is 2. The second-order valence-electron chi connectivity index (χ2n) is 6.00. The van der Waals surface area contributed by atoms with Crippen LogP contribution in [0.15, 0.2) is 78.9 Å². The quantitative estimate of drug-likeness (QED) is 0.433. The third kappa shape index (κ3) is 4.98. The number of hydrogen-bond donors (Lipinski definition) is 0. The van der Waals surface area contributed by atoms with E-state index in [9.17, 15) is 9.59 Å². The second kappa shape index (κ2) is 9.37. The van der Waals surface area contributed by atoms with Gasteiger partial charge in [-0.15, -0.1) is 0 Å². The van der Waals surface area contributed by atoms with Crippen LogP contribution in [-0.2, 0) is 11.3 Å². The van der Waals surface area contributed by atoms with Gasteiger partial charge in [0.05, 0.1) is 18.2 Å². The molecule has 0 aliphatic carbocycles. The van der Waals surface area contributed by atoms with Crippen LogP contribution in [0.5, 0.6) is 11.5 Å². The van der Waals surface area contributed by atoms with E-state index in [0.29, 0.717) is 23.5 Å². The SMILES string of the molecule is COc1ccccc1C(=O)COC(=O)c1ccc(COc2ccccc2)cc1. The van der Waals surface area contributed by atoms with Crippen LogP contribution in [0.2, 0.25) is 0 Å². The Labute approximate surface area is 163 Å². The van der Waals surface area contributed by atoms with Crippen LogP contribution in [0.4, 0.5) is 0 Å². The lowest BCUT2D eigenvalue weighted by atomic mass is 10.1. The van der Waals surface area contributed by atoms with Gasteiger partial charge in [-0.05, 0) is 42.0 Å². The summed E-state index contributed by atoms with van der Waals surface area (Å²) < 4.78 is 16.0. The first-order chi connectivity index (χ1) is 13.7. The van der Waals surface area contributed by atoms with Gasteiger partial charge in [-0.25, -0.2) is 4.79 Å². The number of carbonyl (C=O) groups is 2. The Balaban J connectivity index is 1.53. The smallest absolute Gasteiger partial charge is 0.338 e. The van der Waals surface area contributed by atoms with Crippen molar-refractivity contribution < 1.29 is 23.8 Å². The molecular weight excluding hydrogens is 356 g/mol. The van der Waals surface area contributed by atoms with Crippen LogP contribution in [-0.4, -0.2) is 25.5 Å². The second-order valence-corrected chi connectivity index (χ2v) is 6.00. The zero-order valence-corrected chi connectivity index (χ0v) is 15.5. The molecule has 5 nitrogen and oxygen atoms in total. The Morgan fingerprint density at radius 1 is 0.821 bits per heavy atom. The van der Waals surface area contributed by atoms with Gasteiger partial charge in [0.15, 0.2) is 6.61 Å². The zero-order chi connectivity index (χ0) is 19.8. The van der Waals surface area contributed by atoms with Crippen LogP contribution >= 0.6 is 0 Å². The normalized spacial score (nSPS) is 10.2. The maximum absolute atomic E-state index is 12.3. The van der Waals surface area contributed by atoms with Gasteiger partial charge in [0.1, 0.15) is 18.1 Å². The predicted octanol–water partition coefficient (Wildman–Crippen LogP) is 4.31. The van der Waals surface area contributed by atoms with E-state index in [1.807, 2.05) is 30.3 Å². The molecular formula is C23H20O5. The molecule has 0 spiro atoms. The molecule has 3 rings (SSSR count). The Kier molecular flexibility index (Phi) is 6.41. The van der Waals surface area contributed by atoms with Crippen LogP contribution in [0.25, 0.3) is 0 Å². The molecule has 0 N–H and O–H groups in total. The summed E-state index contributed by atoms with van der Waals surface area (Å²) >= 11 is 0. The highest BCUT2D eigenvalue weighted by molar-refractivity contribution is 6.01. The molecule has 5 heteroatoms. The molecule has 0 unspecified atom stereocenters. The molecule has 0 saturated heterocycles. The highest BCUT2D eigenvalue weighted by Crippen LogP contribution is 2.18. The van der Waals surface area contributed by atoms with E-state index in [0.717, 1.165) is 11.3 Å². The fourth-order valence-corrected chi connectivity index (χ4v) is 2.59. The molecule has 0 aromatic heterocycles. The van der Waals surface area contributed by atoms with Gasteiger partial charge < -0.3 is 14.2 Å². The third-order valence-corrected chi connectivity index (χ3v) is 4.08. The summed E-state index contributed by atoms with van der Waals surface area (Å²) in [7, 11) is 1.49. The number of hydrogen-bond acceptors (Lipinski definition) is 5. The van der Waals surface area contributed by atoms with Gasteiger partial charge in [0, 0.05) is 0 Å². The van der Waals surface area contributed by atoms with E-state index in [-0.39, 0.29) is 12.4 Å². The fourth-order valence-electron chi connectivity index (χ4n) is 2.59. The zero-order valence-electron chi connectivity index (χ0n) is 15.5. The Hall–Kier alpha value is -3.60. The first-order valence-electron chi connectivity index (χ1n) is 8.77. The first-order valence-corrected chi connectivity index (χ1v) is 8.77. The number of esters is 1. The molecule has 0 aliphatic heterocycles. The Morgan fingerprint density at radius 2 is 1.50 bits per heavy atom. The van der Waals surface area contributed by atoms with Gasteiger partial charge in [0.25, 0.3) is 0 Å². The van der Waals surface area contributed by atoms with Crippen LogP contribution in [0.3, 0.4) is 0 Å². The van der Waals surface area contributed by atoms with Gasteiger partial charge >= 0.3 is 5.97 Å². The molecule has 0 heterocycles. The summed E-state index contributed by atoms with van der Waals surface area (Å²) in [5, 5.41) is 0. The van der Waals surface area contributed by atoms with Crippen molar-refractivity contribution in [3.8, 4) is 11.5 Å². The molecule has 0 bridgehead atoms. The van der Waals surface area contributed by atoms with E-state index in [1.54, 1.807) is 48.5 Å². The topological polar surface area (TPSA) is 61.8 Å². The number of rotatable bonds is 8. The molecule has 28 heavy (non-hydrogen) atoms. The summed E-state index contributed by atoms with van der Waals surface area (Å²) in [6, 6.07) is 23.2. The van der Waals surface area contributed by atoms with E-state index in [2.05, 4.69) is 0 Å². The number of Topliss-reactive ketones (excluding diaryl/α,β-unsaturated/α-hetero) is 1. The maximum atomic E-state index is 12.3. The molecule has 3 aromatic rings. The van der Waals surface area contributed by atoms with E-state index < -0.39 is 5.97 Å². The Morgan fingerprint density at radius 3 is 2.21 bits per heavy atom. The molecule has 0 amide bonds. The van der Waals surface area contributed by atoms with E-state index in [4.69, 9.17) is 14.2 Å². The van der Waals surface area contributed by atoms with E-state index >= 15 is 0 Å². The Bertz CT molecular complexity index is 933. The average Bonchev–Trinajstić information content (AvgIpc) is 2.76. The molecule has 142 valence electrons. The lowest BCUT2D eigenvalue weighted by molar-refractivity contribution is 0.0474. The maximum Gasteiger partial charge on any atom is 0.338 e. The van der Waals surface area contributed by atoms with Crippen molar-refractivity contribution in [1.29, 1.82) is 0 Å². The number of para-hydroxylation sites is 2. The van der Waals surface area contributed by atoms with Crippen molar-refractivity contribution in [2.24, 2.45) is 0 Å². The van der Waals surface area contributed by atoms with E-state index in [1.165, 1.54) is 7.11 Å². The number of benzene rings is 3. The van der Waals surface area contributed by atoms with Crippen molar-refractivity contribution in [2.45, 2.75) is 6.61 Å². The standard InChI is InChI=1S/C23H20O5/c1-26-22-10-6-5-9-20(22)21(24)16-28-23(25)18-13-11-17(12-14-18)15-27-19-7-3-2-4-8-19/h2-14H,15-16H2,1H3. The summed E-state index contributed by atoms with van der Waals surface area (Å²) in [5.74, 6) is 0.351. The number of ketones is 1. The van der Waals surface area contributed by atoms with Gasteiger partial charge in [-0.3, -0.25) is 4.79 Å². The number of methoxy groups -OCH3 is 1. The lowest BCUT2D eigenvalue weighted by Gasteiger charge is -2.09. The summed E-state index contributed by atoms with van der Waals surface area (Å²) in [6.07, 6.45) is 0. The van der Waals surface area contributed by atoms with Crippen LogP contribution in [0.1, 0.15) is 26.3 Å². The van der Waals surface area contributed by atoms with Crippen molar-refractivity contribution in [1.82, 2.24) is 0 Å². The van der Waals surface area contributed by atoms with Crippen LogP contribution < -0.4 is 9.47 Å². The summed E-state index contributed by atoms with van der Waals surface area (Å²) in [4.78, 5) is 24.4. The molecule has 0 saturated carbocycles. The molecule has 3 aromatic carbocycles. The monoisotopic (exact) mass is 376 g/mol. The van der Waals surface area contributed by atoms with Gasteiger partial charge in [0.2, 0.25) is 5.78 Å². The van der Waals surface area contributed by atoms with Crippen molar-refractivity contribution in [3.63, 3.8) is 0 Å². The summed E-state index contributed by atoms with van der Waals surface area (Å²) in [6.45, 7) is 0.0453. The minimum absolute atomic E-state index is 0.321. The van der Waals surface area contributed by atoms with Gasteiger partial charge in [-0.1, -0.05) is 42.5 Å². The molecule has 0 radical (unpaired) electrons. The minimum atomic E-state index is -0.557. The number of ether oxygens (including phenoxy) is 3. The predicted molar refractivity (Wildman–Crippen MR) is 105 cm³/mol. The van der Waals surface area contributed by atoms with Crippen molar-refractivity contribution in [2.75, 3.05) is 13.7 Å². The highest BCUT2D eigenvalue weighted by Gasteiger charge is 2.15. The minimum Gasteiger partial charge on any atom is -0.496 e. The molecule has 0 atom stereocenters. The van der Waals surface area contributed by atoms with Crippen molar-refractivity contribution >= 4 is 11.8 Å². The lowest BCUT2D eigenvalue weighted by Crippen LogP contribution is -2.15. The highest BCUT2D eigenvalue weighted by atomic mass is 16.5. The molecule has 0 aliphatic rings. The first kappa shape index (κ1) is 19.2. The van der Waals surface area contributed by atoms with Crippen LogP contribution in [0, 0.1) is 0 Å². The fraction of sp³-hybridized carbons (Fsp3) is 0.130. The van der Waals surface area contributed by atoms with Gasteiger partial charge in [-0.2, -0.15) is 0 Å².